The molecule has 0 unspecified atom stereocenters. The zero-order chi connectivity index (χ0) is 23.2. The van der Waals surface area contributed by atoms with Crippen LogP contribution in [0.3, 0.4) is 0 Å². The van der Waals surface area contributed by atoms with Crippen molar-refractivity contribution >= 4 is 22.6 Å². The highest BCUT2D eigenvalue weighted by Crippen LogP contribution is 2.32. The lowest BCUT2D eigenvalue weighted by molar-refractivity contribution is -0.274. The van der Waals surface area contributed by atoms with Crippen LogP contribution in [0.25, 0.3) is 27.8 Å². The van der Waals surface area contributed by atoms with Crippen LogP contribution in [0.5, 0.6) is 5.75 Å². The highest BCUT2D eigenvalue weighted by atomic mass is 19.4. The number of nitrogens with one attached hydrogen (secondary N) is 2. The summed E-state index contributed by atoms with van der Waals surface area (Å²) in [6.07, 6.45) is 0.690. The van der Waals surface area contributed by atoms with Gasteiger partial charge in [-0.15, -0.1) is 13.2 Å². The molecule has 0 spiro atoms. The first-order valence-electron chi connectivity index (χ1n) is 10.2. The van der Waals surface area contributed by atoms with Gasteiger partial charge in [0.1, 0.15) is 11.4 Å². The summed E-state index contributed by atoms with van der Waals surface area (Å²) in [4.78, 5) is 12.2. The van der Waals surface area contributed by atoms with Crippen molar-refractivity contribution in [1.29, 1.82) is 0 Å². The third kappa shape index (κ3) is 4.61. The van der Waals surface area contributed by atoms with E-state index in [1.807, 2.05) is 12.3 Å². The summed E-state index contributed by atoms with van der Waals surface area (Å²) in [7, 11) is 1.79. The number of nitrogens with zero attached hydrogens (tertiary/aromatic N) is 4. The third-order valence-corrected chi connectivity index (χ3v) is 5.14. The molecule has 33 heavy (non-hydrogen) atoms. The topological polar surface area (TPSA) is 86.0 Å². The van der Waals surface area contributed by atoms with Gasteiger partial charge >= 0.3 is 12.4 Å². The molecule has 11 heteroatoms. The summed E-state index contributed by atoms with van der Waals surface area (Å²) >= 11 is 0. The Balaban J connectivity index is 1.53. The molecule has 1 aliphatic carbocycles. The number of rotatable bonds is 5. The number of carbonyl (C=O) groups is 1. The van der Waals surface area contributed by atoms with Gasteiger partial charge in [0.05, 0.1) is 17.4 Å². The van der Waals surface area contributed by atoms with Gasteiger partial charge in [0.2, 0.25) is 0 Å². The van der Waals surface area contributed by atoms with Crippen molar-refractivity contribution in [1.82, 2.24) is 24.9 Å². The lowest BCUT2D eigenvalue weighted by atomic mass is 10.1. The standard InChI is InChI=1S/C22H19F3N6O2/c1-30-12-13(11-26-30)20-18-10-15(28-21(32)27-14-2-3-14)4-9-19(18)31(29-20)16-5-7-17(8-6-16)33-22(23,24)25/h4-12,14H,2-3H2,1H3,(H2,27,28,32). The second-order valence-corrected chi connectivity index (χ2v) is 7.81. The number of fused-ring (bicyclic) bond motifs is 1. The Labute approximate surface area is 185 Å². The SMILES string of the molecule is Cn1cc(-c2nn(-c3ccc(OC(F)(F)F)cc3)c3ccc(NC(=O)NC4CC4)cc23)cn1. The fourth-order valence-electron chi connectivity index (χ4n) is 3.52. The lowest BCUT2D eigenvalue weighted by Crippen LogP contribution is -2.30. The zero-order valence-electron chi connectivity index (χ0n) is 17.4. The predicted octanol–water partition coefficient (Wildman–Crippen LogP) is 4.61. The maximum atomic E-state index is 12.5. The molecule has 2 heterocycles. The Morgan fingerprint density at radius 2 is 1.91 bits per heavy atom. The van der Waals surface area contributed by atoms with Crippen molar-refractivity contribution in [3.8, 4) is 22.7 Å². The molecule has 2 N–H and O–H groups in total. The van der Waals surface area contributed by atoms with Crippen LogP contribution in [-0.4, -0.2) is 38.0 Å². The quantitative estimate of drug-likeness (QED) is 0.459. The van der Waals surface area contributed by atoms with Gasteiger partial charge in [0.25, 0.3) is 0 Å². The maximum Gasteiger partial charge on any atom is 0.573 e. The molecule has 0 aliphatic heterocycles. The van der Waals surface area contributed by atoms with Crippen molar-refractivity contribution < 1.29 is 22.7 Å². The Morgan fingerprint density at radius 3 is 2.55 bits per heavy atom. The number of amides is 2. The largest absolute Gasteiger partial charge is 0.573 e. The van der Waals surface area contributed by atoms with E-state index in [1.165, 1.54) is 24.3 Å². The fourth-order valence-corrected chi connectivity index (χ4v) is 3.52. The average Bonchev–Trinajstić information content (AvgIpc) is 3.32. The number of ether oxygens (including phenoxy) is 1. The molecule has 8 nitrogen and oxygen atoms in total. The normalized spacial score (nSPS) is 13.8. The number of aryl methyl sites for hydroxylation is 1. The molecule has 170 valence electrons. The van der Waals surface area contributed by atoms with E-state index < -0.39 is 6.36 Å². The lowest BCUT2D eigenvalue weighted by Gasteiger charge is -2.10. The summed E-state index contributed by atoms with van der Waals surface area (Å²) in [6, 6.07) is 10.8. The first-order chi connectivity index (χ1) is 15.7. The van der Waals surface area contributed by atoms with Crippen LogP contribution in [-0.2, 0) is 7.05 Å². The third-order valence-electron chi connectivity index (χ3n) is 5.14. The van der Waals surface area contributed by atoms with Crippen molar-refractivity contribution in [2.24, 2.45) is 7.05 Å². The molecule has 0 radical (unpaired) electrons. The summed E-state index contributed by atoms with van der Waals surface area (Å²) < 4.78 is 44.7. The zero-order valence-corrected chi connectivity index (χ0v) is 17.4. The van der Waals surface area contributed by atoms with Crippen LogP contribution in [0.4, 0.5) is 23.7 Å². The highest BCUT2D eigenvalue weighted by Gasteiger charge is 2.31. The second-order valence-electron chi connectivity index (χ2n) is 7.81. The van der Waals surface area contributed by atoms with Gasteiger partial charge in [0, 0.05) is 35.9 Å². The molecule has 0 saturated heterocycles. The van der Waals surface area contributed by atoms with Crippen LogP contribution in [0.2, 0.25) is 0 Å². The van der Waals surface area contributed by atoms with E-state index in [2.05, 4.69) is 20.5 Å². The molecule has 0 bridgehead atoms. The van der Waals surface area contributed by atoms with E-state index >= 15 is 0 Å². The average molecular weight is 456 g/mol. The molecule has 1 fully saturated rings. The molecule has 2 aromatic heterocycles. The number of urea groups is 1. The molecule has 0 atom stereocenters. The minimum absolute atomic E-state index is 0.228. The monoisotopic (exact) mass is 456 g/mol. The van der Waals surface area contributed by atoms with Gasteiger partial charge in [0.15, 0.2) is 0 Å². The Bertz CT molecular complexity index is 1320. The first kappa shape index (κ1) is 20.9. The van der Waals surface area contributed by atoms with Crippen LogP contribution in [0.1, 0.15) is 12.8 Å². The maximum absolute atomic E-state index is 12.5. The molecule has 1 saturated carbocycles. The van der Waals surface area contributed by atoms with Crippen molar-refractivity contribution in [2.75, 3.05) is 5.32 Å². The number of halogens is 3. The smallest absolute Gasteiger partial charge is 0.406 e. The minimum atomic E-state index is -4.76. The van der Waals surface area contributed by atoms with Crippen LogP contribution < -0.4 is 15.4 Å². The highest BCUT2D eigenvalue weighted by molar-refractivity contribution is 5.98. The summed E-state index contributed by atoms with van der Waals surface area (Å²) in [5, 5.41) is 15.4. The fraction of sp³-hybridized carbons (Fsp3) is 0.227. The summed E-state index contributed by atoms with van der Waals surface area (Å²) in [6.45, 7) is 0. The summed E-state index contributed by atoms with van der Waals surface area (Å²) in [5.41, 5.74) is 3.25. The molecule has 5 rings (SSSR count). The van der Waals surface area contributed by atoms with Gasteiger partial charge in [-0.25, -0.2) is 9.48 Å². The Kier molecular flexibility index (Phi) is 4.95. The van der Waals surface area contributed by atoms with Gasteiger partial charge in [-0.3, -0.25) is 4.68 Å². The van der Waals surface area contributed by atoms with E-state index in [4.69, 9.17) is 5.10 Å². The number of hydrogen-bond acceptors (Lipinski definition) is 4. The molecule has 2 amide bonds. The number of anilines is 1. The van der Waals surface area contributed by atoms with Crippen LogP contribution in [0, 0.1) is 0 Å². The van der Waals surface area contributed by atoms with Gasteiger partial charge < -0.3 is 15.4 Å². The van der Waals surface area contributed by atoms with Gasteiger partial charge in [-0.2, -0.15) is 10.2 Å². The molecular formula is C22H19F3N6O2. The number of aromatic nitrogens is 4. The number of benzene rings is 2. The summed E-state index contributed by atoms with van der Waals surface area (Å²) in [5.74, 6) is -0.316. The molecular weight excluding hydrogens is 437 g/mol. The number of alkyl halides is 3. The first-order valence-corrected chi connectivity index (χ1v) is 10.2. The minimum Gasteiger partial charge on any atom is -0.406 e. The van der Waals surface area contributed by atoms with E-state index in [9.17, 15) is 18.0 Å². The Morgan fingerprint density at radius 1 is 1.15 bits per heavy atom. The predicted molar refractivity (Wildman–Crippen MR) is 115 cm³/mol. The van der Waals surface area contributed by atoms with Gasteiger partial charge in [-0.05, 0) is 55.3 Å². The molecule has 4 aromatic rings. The van der Waals surface area contributed by atoms with Crippen molar-refractivity contribution in [3.63, 3.8) is 0 Å². The van der Waals surface area contributed by atoms with Crippen molar-refractivity contribution in [3.05, 3.63) is 54.9 Å². The van der Waals surface area contributed by atoms with E-state index in [1.54, 1.807) is 34.7 Å². The second kappa shape index (κ2) is 7.84. The van der Waals surface area contributed by atoms with E-state index in [0.29, 0.717) is 22.6 Å². The van der Waals surface area contributed by atoms with E-state index in [-0.39, 0.29) is 17.8 Å². The molecule has 1 aliphatic rings. The van der Waals surface area contributed by atoms with Crippen LogP contribution in [0.15, 0.2) is 54.9 Å². The molecule has 2 aromatic carbocycles. The van der Waals surface area contributed by atoms with Crippen molar-refractivity contribution in [2.45, 2.75) is 25.2 Å². The van der Waals surface area contributed by atoms with Crippen LogP contribution >= 0.6 is 0 Å². The van der Waals surface area contributed by atoms with E-state index in [0.717, 1.165) is 23.8 Å². The number of hydrogen-bond donors (Lipinski definition) is 2. The van der Waals surface area contributed by atoms with Gasteiger partial charge in [-0.1, -0.05) is 0 Å². The number of carbonyl (C=O) groups excluding carboxylic acids is 1. The Hall–Kier alpha value is -4.02.